The van der Waals surface area contributed by atoms with E-state index in [2.05, 4.69) is 19.1 Å². The van der Waals surface area contributed by atoms with Gasteiger partial charge in [0.05, 0.1) is 19.8 Å². The molecule has 0 radical (unpaired) electrons. The number of benzene rings is 1. The van der Waals surface area contributed by atoms with Crippen LogP contribution in [0.4, 0.5) is 5.69 Å². The van der Waals surface area contributed by atoms with Crippen molar-refractivity contribution >= 4 is 5.69 Å². The molecule has 0 aliphatic rings. The van der Waals surface area contributed by atoms with Gasteiger partial charge in [0.1, 0.15) is 18.8 Å². The van der Waals surface area contributed by atoms with Crippen LogP contribution in [0.2, 0.25) is 0 Å². The molecule has 0 atom stereocenters. The van der Waals surface area contributed by atoms with E-state index >= 15 is 0 Å². The summed E-state index contributed by atoms with van der Waals surface area (Å²) in [5, 5.41) is 18.7. The molecule has 0 spiro atoms. The number of nitrogens with zero attached hydrogens (tertiary/aromatic N) is 1. The van der Waals surface area contributed by atoms with Gasteiger partial charge >= 0.3 is 0 Å². The van der Waals surface area contributed by atoms with Gasteiger partial charge in [-0.05, 0) is 25.0 Å². The lowest BCUT2D eigenvalue weighted by atomic mass is 10.1. The van der Waals surface area contributed by atoms with Crippen molar-refractivity contribution in [1.82, 2.24) is 4.48 Å². The molecule has 0 aromatic heterocycles. The average Bonchev–Trinajstić information content (AvgIpc) is 2.40. The number of hydrogen-bond acceptors (Lipinski definition) is 2. The molecule has 0 aliphatic heterocycles. The molecule has 1 rings (SSSR count). The Bertz CT molecular complexity index is 308. The third-order valence-corrected chi connectivity index (χ3v) is 3.55. The van der Waals surface area contributed by atoms with Crippen molar-refractivity contribution in [1.29, 1.82) is 0 Å². The summed E-state index contributed by atoms with van der Waals surface area (Å²) in [5.74, 6) is 0. The van der Waals surface area contributed by atoms with Crippen LogP contribution in [-0.4, -0.2) is 43.1 Å². The van der Waals surface area contributed by atoms with Crippen molar-refractivity contribution in [3.8, 4) is 0 Å². The molecule has 3 heteroatoms. The van der Waals surface area contributed by atoms with Crippen LogP contribution in [0, 0.1) is 0 Å². The zero-order valence-corrected chi connectivity index (χ0v) is 11.4. The second-order valence-electron chi connectivity index (χ2n) is 4.81. The first-order chi connectivity index (χ1) is 8.79. The maximum absolute atomic E-state index is 9.35. The normalized spacial score (nSPS) is 11.7. The SMILES string of the molecule is CCCCC[N+](CCO)(CCO)c1ccccc1. The van der Waals surface area contributed by atoms with Crippen molar-refractivity contribution in [2.45, 2.75) is 26.2 Å². The number of hydrogen-bond donors (Lipinski definition) is 2. The third-order valence-electron chi connectivity index (χ3n) is 3.55. The van der Waals surface area contributed by atoms with Gasteiger partial charge in [-0.1, -0.05) is 31.5 Å². The van der Waals surface area contributed by atoms with Crippen molar-refractivity contribution in [2.75, 3.05) is 32.8 Å². The standard InChI is InChI=1S/C15H26NO2/c1-2-3-7-10-16(11-13-17,12-14-18)15-8-5-4-6-9-15/h4-6,8-9,17-18H,2-3,7,10-14H2,1H3/q+1. The topological polar surface area (TPSA) is 40.5 Å². The van der Waals surface area contributed by atoms with Crippen LogP contribution in [0.5, 0.6) is 0 Å². The highest BCUT2D eigenvalue weighted by molar-refractivity contribution is 5.42. The molecular weight excluding hydrogens is 226 g/mol. The average molecular weight is 252 g/mol. The largest absolute Gasteiger partial charge is 0.390 e. The fraction of sp³-hybridized carbons (Fsp3) is 0.600. The van der Waals surface area contributed by atoms with Gasteiger partial charge in [-0.25, -0.2) is 0 Å². The Labute approximate surface area is 110 Å². The highest BCUT2D eigenvalue weighted by Crippen LogP contribution is 2.23. The molecule has 1 aromatic rings. The van der Waals surface area contributed by atoms with Gasteiger partial charge in [-0.2, -0.15) is 0 Å². The zero-order valence-electron chi connectivity index (χ0n) is 11.4. The smallest absolute Gasteiger partial charge is 0.132 e. The maximum atomic E-state index is 9.35. The molecule has 102 valence electrons. The fourth-order valence-electron chi connectivity index (χ4n) is 2.51. The van der Waals surface area contributed by atoms with Crippen LogP contribution >= 0.6 is 0 Å². The van der Waals surface area contributed by atoms with Gasteiger partial charge < -0.3 is 10.2 Å². The van der Waals surface area contributed by atoms with Crippen molar-refractivity contribution in [2.24, 2.45) is 0 Å². The molecule has 0 heterocycles. The van der Waals surface area contributed by atoms with E-state index < -0.39 is 0 Å². The van der Waals surface area contributed by atoms with Crippen LogP contribution in [-0.2, 0) is 0 Å². The molecule has 0 amide bonds. The minimum Gasteiger partial charge on any atom is -0.390 e. The third kappa shape index (κ3) is 4.09. The van der Waals surface area contributed by atoms with E-state index in [1.54, 1.807) is 0 Å². The molecule has 1 aromatic carbocycles. The van der Waals surface area contributed by atoms with E-state index in [9.17, 15) is 10.2 Å². The van der Waals surface area contributed by atoms with Crippen LogP contribution < -0.4 is 4.48 Å². The first-order valence-corrected chi connectivity index (χ1v) is 6.92. The number of rotatable bonds is 9. The molecule has 2 N–H and O–H groups in total. The van der Waals surface area contributed by atoms with E-state index in [4.69, 9.17) is 0 Å². The van der Waals surface area contributed by atoms with Crippen LogP contribution in [0.15, 0.2) is 30.3 Å². The summed E-state index contributed by atoms with van der Waals surface area (Å²) in [7, 11) is 0. The maximum Gasteiger partial charge on any atom is 0.132 e. The number of quaternary nitrogens is 1. The minimum atomic E-state index is 0.154. The number of aliphatic hydroxyl groups is 2. The van der Waals surface area contributed by atoms with Gasteiger partial charge in [-0.3, -0.25) is 4.48 Å². The van der Waals surface area contributed by atoms with Crippen molar-refractivity contribution in [3.63, 3.8) is 0 Å². The van der Waals surface area contributed by atoms with Crippen LogP contribution in [0.25, 0.3) is 0 Å². The summed E-state index contributed by atoms with van der Waals surface area (Å²) in [6.07, 6.45) is 3.52. The van der Waals surface area contributed by atoms with Gasteiger partial charge in [-0.15, -0.1) is 0 Å². The second kappa shape index (κ2) is 8.25. The van der Waals surface area contributed by atoms with Gasteiger partial charge in [0.2, 0.25) is 0 Å². The van der Waals surface area contributed by atoms with E-state index in [1.165, 1.54) is 18.5 Å². The van der Waals surface area contributed by atoms with Crippen molar-refractivity contribution in [3.05, 3.63) is 30.3 Å². The van der Waals surface area contributed by atoms with E-state index in [-0.39, 0.29) is 13.2 Å². The Morgan fingerprint density at radius 3 is 2.00 bits per heavy atom. The predicted molar refractivity (Wildman–Crippen MR) is 76.5 cm³/mol. The Morgan fingerprint density at radius 1 is 0.889 bits per heavy atom. The lowest BCUT2D eigenvalue weighted by Crippen LogP contribution is -2.53. The van der Waals surface area contributed by atoms with Crippen LogP contribution in [0.1, 0.15) is 26.2 Å². The second-order valence-corrected chi connectivity index (χ2v) is 4.81. The molecule has 0 fully saturated rings. The fourth-order valence-corrected chi connectivity index (χ4v) is 2.51. The van der Waals surface area contributed by atoms with Gasteiger partial charge in [0.25, 0.3) is 0 Å². The summed E-state index contributed by atoms with van der Waals surface area (Å²) in [4.78, 5) is 0. The number of aliphatic hydroxyl groups excluding tert-OH is 2. The molecule has 0 saturated carbocycles. The summed E-state index contributed by atoms with van der Waals surface area (Å²) in [6, 6.07) is 10.2. The molecular formula is C15H26NO2+. The first-order valence-electron chi connectivity index (χ1n) is 6.92. The Hall–Kier alpha value is -0.900. The Balaban J connectivity index is 2.89. The highest BCUT2D eigenvalue weighted by atomic mass is 16.3. The molecule has 0 aliphatic carbocycles. The van der Waals surface area contributed by atoms with Gasteiger partial charge in [0, 0.05) is 0 Å². The zero-order chi connectivity index (χ0) is 13.3. The number of unbranched alkanes of at least 4 members (excludes halogenated alkanes) is 2. The Kier molecular flexibility index (Phi) is 6.94. The monoisotopic (exact) mass is 252 g/mol. The molecule has 0 saturated heterocycles. The predicted octanol–water partition coefficient (Wildman–Crippen LogP) is 2.17. The van der Waals surface area contributed by atoms with Crippen molar-refractivity contribution < 1.29 is 10.2 Å². The summed E-state index contributed by atoms with van der Waals surface area (Å²) >= 11 is 0. The van der Waals surface area contributed by atoms with Gasteiger partial charge in [0.15, 0.2) is 0 Å². The Morgan fingerprint density at radius 2 is 1.50 bits per heavy atom. The molecule has 0 bridgehead atoms. The highest BCUT2D eigenvalue weighted by Gasteiger charge is 2.28. The lowest BCUT2D eigenvalue weighted by Gasteiger charge is -2.37. The van der Waals surface area contributed by atoms with E-state index in [0.29, 0.717) is 17.6 Å². The minimum absolute atomic E-state index is 0.154. The number of para-hydroxylation sites is 1. The van der Waals surface area contributed by atoms with Crippen LogP contribution in [0.3, 0.4) is 0 Å². The summed E-state index contributed by atoms with van der Waals surface area (Å²) in [5.41, 5.74) is 1.19. The summed E-state index contributed by atoms with van der Waals surface area (Å²) in [6.45, 7) is 4.83. The van der Waals surface area contributed by atoms with E-state index in [0.717, 1.165) is 13.0 Å². The molecule has 18 heavy (non-hydrogen) atoms. The lowest BCUT2D eigenvalue weighted by molar-refractivity contribution is 0.161. The quantitative estimate of drug-likeness (QED) is 0.522. The summed E-state index contributed by atoms with van der Waals surface area (Å²) < 4.78 is 0.688. The first kappa shape index (κ1) is 15.2. The molecule has 0 unspecified atom stereocenters. The molecule has 3 nitrogen and oxygen atoms in total. The van der Waals surface area contributed by atoms with E-state index in [1.807, 2.05) is 18.2 Å².